The van der Waals surface area contributed by atoms with Crippen molar-refractivity contribution in [2.75, 3.05) is 19.0 Å². The molecule has 1 atom stereocenters. The van der Waals surface area contributed by atoms with Crippen LogP contribution in [-0.4, -0.2) is 25.6 Å². The number of carbonyl (C=O) groups is 1. The first kappa shape index (κ1) is 18.6. The number of nitrogens with two attached hydrogens (primary N) is 1. The first-order valence-electron chi connectivity index (χ1n) is 7.72. The average Bonchev–Trinajstić information content (AvgIpc) is 2.56. The summed E-state index contributed by atoms with van der Waals surface area (Å²) >= 11 is 11.8. The van der Waals surface area contributed by atoms with Crippen molar-refractivity contribution in [1.82, 2.24) is 0 Å². The maximum absolute atomic E-state index is 12.3. The zero-order valence-electron chi connectivity index (χ0n) is 13.7. The molecule has 0 spiro atoms. The molecule has 6 heteroatoms. The Morgan fingerprint density at radius 3 is 2.50 bits per heavy atom. The van der Waals surface area contributed by atoms with Crippen molar-refractivity contribution in [1.29, 1.82) is 0 Å². The number of ether oxygens (including phenoxy) is 1. The highest BCUT2D eigenvalue weighted by Gasteiger charge is 2.17. The fraction of sp³-hybridized carbons (Fsp3) is 0.278. The second-order valence-electron chi connectivity index (χ2n) is 5.52. The zero-order valence-corrected chi connectivity index (χ0v) is 15.2. The third kappa shape index (κ3) is 5.41. The summed E-state index contributed by atoms with van der Waals surface area (Å²) < 4.78 is 5.24. The molecule has 0 aromatic heterocycles. The van der Waals surface area contributed by atoms with E-state index in [1.807, 2.05) is 36.5 Å². The minimum atomic E-state index is -0.221. The summed E-state index contributed by atoms with van der Waals surface area (Å²) in [5, 5.41) is 6.14. The van der Waals surface area contributed by atoms with Gasteiger partial charge in [0.15, 0.2) is 6.04 Å². The van der Waals surface area contributed by atoms with Gasteiger partial charge < -0.3 is 15.4 Å². The lowest BCUT2D eigenvalue weighted by Crippen LogP contribution is -2.92. The van der Waals surface area contributed by atoms with E-state index in [0.717, 1.165) is 18.0 Å². The molecule has 0 radical (unpaired) electrons. The van der Waals surface area contributed by atoms with Gasteiger partial charge >= 0.3 is 0 Å². The molecule has 1 amide bonds. The van der Waals surface area contributed by atoms with Gasteiger partial charge in [0.1, 0.15) is 5.75 Å². The summed E-state index contributed by atoms with van der Waals surface area (Å²) in [5.41, 5.74) is 1.77. The molecule has 0 aliphatic rings. The SMILES string of the molecule is COc1ccc(Cl)cc1NC(=O)[C@@H](C)[NH2+]CCc1ccc(Cl)cc1. The topological polar surface area (TPSA) is 54.9 Å². The fourth-order valence-electron chi connectivity index (χ4n) is 2.28. The van der Waals surface area contributed by atoms with E-state index in [4.69, 9.17) is 27.9 Å². The molecule has 2 aromatic rings. The number of halogens is 2. The fourth-order valence-corrected chi connectivity index (χ4v) is 2.58. The highest BCUT2D eigenvalue weighted by atomic mass is 35.5. The van der Waals surface area contributed by atoms with Gasteiger partial charge in [0, 0.05) is 16.5 Å². The molecule has 0 fully saturated rings. The van der Waals surface area contributed by atoms with Crippen molar-refractivity contribution < 1.29 is 14.8 Å². The van der Waals surface area contributed by atoms with E-state index in [0.29, 0.717) is 16.5 Å². The lowest BCUT2D eigenvalue weighted by Gasteiger charge is -2.14. The van der Waals surface area contributed by atoms with Crippen molar-refractivity contribution in [3.05, 3.63) is 58.1 Å². The number of quaternary nitrogens is 1. The van der Waals surface area contributed by atoms with Crippen LogP contribution < -0.4 is 15.4 Å². The maximum Gasteiger partial charge on any atom is 0.282 e. The van der Waals surface area contributed by atoms with Crippen molar-refractivity contribution in [2.45, 2.75) is 19.4 Å². The third-order valence-corrected chi connectivity index (χ3v) is 4.19. The smallest absolute Gasteiger partial charge is 0.282 e. The average molecular weight is 368 g/mol. The molecule has 0 aliphatic heterocycles. The van der Waals surface area contributed by atoms with Gasteiger partial charge in [-0.15, -0.1) is 0 Å². The Bertz CT molecular complexity index is 690. The summed E-state index contributed by atoms with van der Waals surface area (Å²) in [6.45, 7) is 2.68. The van der Waals surface area contributed by atoms with Crippen LogP contribution in [0, 0.1) is 0 Å². The van der Waals surface area contributed by atoms with Gasteiger partial charge in [-0.2, -0.15) is 0 Å². The van der Waals surface area contributed by atoms with Crippen LogP contribution in [0.2, 0.25) is 10.0 Å². The van der Waals surface area contributed by atoms with E-state index in [-0.39, 0.29) is 11.9 Å². The predicted molar refractivity (Wildman–Crippen MR) is 98.0 cm³/mol. The number of hydrogen-bond acceptors (Lipinski definition) is 2. The van der Waals surface area contributed by atoms with Crippen molar-refractivity contribution in [2.24, 2.45) is 0 Å². The normalized spacial score (nSPS) is 11.8. The van der Waals surface area contributed by atoms with E-state index in [1.165, 1.54) is 5.56 Å². The molecule has 2 rings (SSSR count). The molecule has 0 bridgehead atoms. The Morgan fingerprint density at radius 1 is 1.17 bits per heavy atom. The van der Waals surface area contributed by atoms with E-state index in [1.54, 1.807) is 25.3 Å². The molecule has 0 heterocycles. The van der Waals surface area contributed by atoms with Crippen LogP contribution in [-0.2, 0) is 11.2 Å². The Balaban J connectivity index is 1.86. The Kier molecular flexibility index (Phi) is 6.91. The van der Waals surface area contributed by atoms with Crippen LogP contribution in [0.15, 0.2) is 42.5 Å². The second-order valence-corrected chi connectivity index (χ2v) is 6.40. The van der Waals surface area contributed by atoms with Crippen LogP contribution in [0.5, 0.6) is 5.75 Å². The van der Waals surface area contributed by atoms with E-state index >= 15 is 0 Å². The lowest BCUT2D eigenvalue weighted by atomic mass is 10.1. The number of rotatable bonds is 7. The van der Waals surface area contributed by atoms with Gasteiger partial charge in [-0.25, -0.2) is 0 Å². The molecular weight excluding hydrogens is 347 g/mol. The van der Waals surface area contributed by atoms with Crippen LogP contribution in [0.25, 0.3) is 0 Å². The number of carbonyl (C=O) groups excluding carboxylic acids is 1. The standard InChI is InChI=1S/C18H20Cl2N2O2/c1-12(21-10-9-13-3-5-14(19)6-4-13)18(23)22-16-11-15(20)7-8-17(16)24-2/h3-8,11-12,21H,9-10H2,1-2H3,(H,22,23)/p+1/t12-/m1/s1. The number of hydrogen-bond donors (Lipinski definition) is 2. The Morgan fingerprint density at radius 2 is 1.83 bits per heavy atom. The molecule has 2 aromatic carbocycles. The number of nitrogens with one attached hydrogen (secondary N) is 1. The molecule has 0 saturated heterocycles. The van der Waals surface area contributed by atoms with Crippen LogP contribution in [0.1, 0.15) is 12.5 Å². The lowest BCUT2D eigenvalue weighted by molar-refractivity contribution is -0.672. The first-order chi connectivity index (χ1) is 11.5. The number of methoxy groups -OCH3 is 1. The summed E-state index contributed by atoms with van der Waals surface area (Å²) in [6, 6.07) is 12.6. The molecule has 0 unspecified atom stereocenters. The summed E-state index contributed by atoms with van der Waals surface area (Å²) in [6.07, 6.45) is 0.870. The largest absolute Gasteiger partial charge is 0.495 e. The molecule has 0 saturated carbocycles. The molecule has 24 heavy (non-hydrogen) atoms. The van der Waals surface area contributed by atoms with Crippen LogP contribution in [0.3, 0.4) is 0 Å². The molecule has 0 aliphatic carbocycles. The Hall–Kier alpha value is -1.75. The number of benzene rings is 2. The first-order valence-corrected chi connectivity index (χ1v) is 8.47. The van der Waals surface area contributed by atoms with E-state index < -0.39 is 0 Å². The maximum atomic E-state index is 12.3. The summed E-state index contributed by atoms with van der Waals surface area (Å²) in [7, 11) is 1.56. The summed E-state index contributed by atoms with van der Waals surface area (Å²) in [4.78, 5) is 12.3. The zero-order chi connectivity index (χ0) is 17.5. The van der Waals surface area contributed by atoms with E-state index in [2.05, 4.69) is 5.32 Å². The van der Waals surface area contributed by atoms with Crippen LogP contribution in [0.4, 0.5) is 5.69 Å². The minimum absolute atomic E-state index is 0.0910. The minimum Gasteiger partial charge on any atom is -0.495 e. The number of anilines is 1. The highest BCUT2D eigenvalue weighted by molar-refractivity contribution is 6.31. The predicted octanol–water partition coefficient (Wildman–Crippen LogP) is 3.14. The number of amides is 1. The molecule has 3 N–H and O–H groups in total. The second kappa shape index (κ2) is 8.92. The van der Waals surface area contributed by atoms with Gasteiger partial charge in [-0.05, 0) is 42.8 Å². The highest BCUT2D eigenvalue weighted by Crippen LogP contribution is 2.27. The van der Waals surface area contributed by atoms with Gasteiger partial charge in [-0.1, -0.05) is 35.3 Å². The van der Waals surface area contributed by atoms with Crippen LogP contribution >= 0.6 is 23.2 Å². The quantitative estimate of drug-likeness (QED) is 0.789. The third-order valence-electron chi connectivity index (χ3n) is 3.70. The molecule has 128 valence electrons. The molecular formula is C18H21Cl2N2O2+. The van der Waals surface area contributed by atoms with Gasteiger partial charge in [0.25, 0.3) is 5.91 Å². The van der Waals surface area contributed by atoms with Gasteiger partial charge in [0.2, 0.25) is 0 Å². The van der Waals surface area contributed by atoms with Crippen molar-refractivity contribution in [3.63, 3.8) is 0 Å². The Labute approximate surface area is 152 Å². The van der Waals surface area contributed by atoms with Crippen molar-refractivity contribution >= 4 is 34.8 Å². The summed E-state index contributed by atoms with van der Waals surface area (Å²) in [5.74, 6) is 0.493. The van der Waals surface area contributed by atoms with E-state index in [9.17, 15) is 4.79 Å². The monoisotopic (exact) mass is 367 g/mol. The van der Waals surface area contributed by atoms with Gasteiger partial charge in [-0.3, -0.25) is 4.79 Å². The molecule has 4 nitrogen and oxygen atoms in total. The van der Waals surface area contributed by atoms with Crippen molar-refractivity contribution in [3.8, 4) is 5.75 Å². The van der Waals surface area contributed by atoms with Gasteiger partial charge in [0.05, 0.1) is 19.3 Å².